The van der Waals surface area contributed by atoms with E-state index in [1.165, 1.54) is 11.3 Å². The fraction of sp³-hybridized carbons (Fsp3) is 0.105. The molecule has 0 radical (unpaired) electrons. The van der Waals surface area contributed by atoms with Crippen LogP contribution in [0.4, 0.5) is 9.80 Å². The minimum atomic E-state index is -0.704. The molecule has 0 bridgehead atoms. The minimum Gasteiger partial charge on any atom is -0.461 e. The van der Waals surface area contributed by atoms with Gasteiger partial charge in [-0.05, 0) is 19.1 Å². The summed E-state index contributed by atoms with van der Waals surface area (Å²) in [5.41, 5.74) is 0.897. The van der Waals surface area contributed by atoms with Crippen LogP contribution in [0.1, 0.15) is 17.4 Å². The number of hydrogen-bond donors (Lipinski definition) is 1. The van der Waals surface area contributed by atoms with E-state index in [-0.39, 0.29) is 17.3 Å². The Labute approximate surface area is 154 Å². The van der Waals surface area contributed by atoms with Crippen molar-refractivity contribution in [3.8, 4) is 16.3 Å². The van der Waals surface area contributed by atoms with E-state index in [0.717, 1.165) is 5.56 Å². The van der Waals surface area contributed by atoms with Crippen molar-refractivity contribution in [3.05, 3.63) is 66.4 Å². The van der Waals surface area contributed by atoms with Gasteiger partial charge in [0.1, 0.15) is 15.8 Å². The number of benzene rings is 2. The average molecular weight is 368 g/mol. The van der Waals surface area contributed by atoms with Crippen molar-refractivity contribution in [2.24, 2.45) is 0 Å². The summed E-state index contributed by atoms with van der Waals surface area (Å²) in [5.74, 6) is -0.198. The Morgan fingerprint density at radius 3 is 2.35 bits per heavy atom. The van der Waals surface area contributed by atoms with Crippen LogP contribution in [0, 0.1) is 0 Å². The van der Waals surface area contributed by atoms with Crippen molar-refractivity contribution < 1.29 is 19.1 Å². The number of anilines is 1. The normalized spacial score (nSPS) is 10.2. The third-order valence-corrected chi connectivity index (χ3v) is 4.31. The van der Waals surface area contributed by atoms with Crippen LogP contribution >= 0.6 is 11.3 Å². The maximum Gasteiger partial charge on any atom is 0.417 e. The molecule has 3 rings (SSSR count). The van der Waals surface area contributed by atoms with Gasteiger partial charge in [0.2, 0.25) is 0 Å². The number of thiazole rings is 1. The number of amides is 1. The second kappa shape index (κ2) is 8.26. The fourth-order valence-corrected chi connectivity index (χ4v) is 3.10. The number of rotatable bonds is 5. The lowest BCUT2D eigenvalue weighted by Crippen LogP contribution is -2.18. The SMILES string of the molecule is CCOC(=O)c1nc(-c2ccccc2)sc1NC(=O)Oc1ccccc1. The summed E-state index contributed by atoms with van der Waals surface area (Å²) in [6.07, 6.45) is -0.704. The lowest BCUT2D eigenvalue weighted by Gasteiger charge is -2.06. The van der Waals surface area contributed by atoms with E-state index >= 15 is 0 Å². The second-order valence-corrected chi connectivity index (χ2v) is 6.11. The summed E-state index contributed by atoms with van der Waals surface area (Å²) in [5, 5.41) is 3.46. The maximum atomic E-state index is 12.2. The van der Waals surface area contributed by atoms with Gasteiger partial charge in [0.05, 0.1) is 6.61 Å². The molecular formula is C19H16N2O4S. The van der Waals surface area contributed by atoms with Gasteiger partial charge in [-0.15, -0.1) is 0 Å². The van der Waals surface area contributed by atoms with Crippen molar-refractivity contribution >= 4 is 28.4 Å². The molecule has 7 heteroatoms. The second-order valence-electron chi connectivity index (χ2n) is 5.11. The van der Waals surface area contributed by atoms with Gasteiger partial charge in [0.25, 0.3) is 0 Å². The molecule has 132 valence electrons. The number of aromatic nitrogens is 1. The molecule has 2 aromatic carbocycles. The third-order valence-electron chi connectivity index (χ3n) is 3.29. The predicted octanol–water partition coefficient (Wildman–Crippen LogP) is 4.60. The summed E-state index contributed by atoms with van der Waals surface area (Å²) in [6, 6.07) is 18.0. The molecule has 0 saturated heterocycles. The highest BCUT2D eigenvalue weighted by atomic mass is 32.1. The molecule has 0 atom stereocenters. The number of ether oxygens (including phenoxy) is 2. The molecule has 3 aromatic rings. The van der Waals surface area contributed by atoms with E-state index in [9.17, 15) is 9.59 Å². The first-order valence-corrected chi connectivity index (χ1v) is 8.76. The Morgan fingerprint density at radius 2 is 1.69 bits per heavy atom. The Hall–Kier alpha value is -3.19. The molecular weight excluding hydrogens is 352 g/mol. The molecule has 0 fully saturated rings. The first kappa shape index (κ1) is 17.6. The van der Waals surface area contributed by atoms with Crippen LogP contribution < -0.4 is 10.1 Å². The van der Waals surface area contributed by atoms with E-state index in [4.69, 9.17) is 9.47 Å². The van der Waals surface area contributed by atoms with Crippen LogP contribution in [0.15, 0.2) is 60.7 Å². The molecule has 0 aliphatic carbocycles. The summed E-state index contributed by atoms with van der Waals surface area (Å²) in [7, 11) is 0. The molecule has 1 aromatic heterocycles. The van der Waals surface area contributed by atoms with Crippen molar-refractivity contribution in [3.63, 3.8) is 0 Å². The van der Waals surface area contributed by atoms with Crippen molar-refractivity contribution in [2.45, 2.75) is 6.92 Å². The maximum absolute atomic E-state index is 12.2. The van der Waals surface area contributed by atoms with Gasteiger partial charge < -0.3 is 9.47 Å². The number of carbonyl (C=O) groups is 2. The van der Waals surface area contributed by atoms with E-state index in [1.54, 1.807) is 31.2 Å². The Balaban J connectivity index is 1.85. The highest BCUT2D eigenvalue weighted by Gasteiger charge is 2.22. The zero-order chi connectivity index (χ0) is 18.4. The monoisotopic (exact) mass is 368 g/mol. The zero-order valence-electron chi connectivity index (χ0n) is 14.0. The molecule has 0 spiro atoms. The minimum absolute atomic E-state index is 0.0562. The van der Waals surface area contributed by atoms with Gasteiger partial charge in [-0.3, -0.25) is 5.32 Å². The summed E-state index contributed by atoms with van der Waals surface area (Å²) >= 11 is 1.18. The van der Waals surface area contributed by atoms with Crippen LogP contribution in [-0.2, 0) is 4.74 Å². The Bertz CT molecular complexity index is 894. The highest BCUT2D eigenvalue weighted by Crippen LogP contribution is 2.32. The van der Waals surface area contributed by atoms with Gasteiger partial charge in [-0.25, -0.2) is 14.6 Å². The van der Waals surface area contributed by atoms with Gasteiger partial charge in [0, 0.05) is 5.56 Å². The van der Waals surface area contributed by atoms with Crippen molar-refractivity contribution in [1.82, 2.24) is 4.98 Å². The molecule has 0 aliphatic rings. The van der Waals surface area contributed by atoms with E-state index < -0.39 is 12.1 Å². The van der Waals surface area contributed by atoms with Gasteiger partial charge >= 0.3 is 12.1 Å². The number of para-hydroxylation sites is 1. The Morgan fingerprint density at radius 1 is 1.04 bits per heavy atom. The standard InChI is InChI=1S/C19H16N2O4S/c1-2-24-18(22)15-17(21-19(23)25-14-11-7-4-8-12-14)26-16(20-15)13-9-5-3-6-10-13/h3-12H,2H2,1H3,(H,21,23). The first-order valence-electron chi connectivity index (χ1n) is 7.94. The van der Waals surface area contributed by atoms with E-state index in [0.29, 0.717) is 10.8 Å². The first-order chi connectivity index (χ1) is 12.7. The van der Waals surface area contributed by atoms with Crippen molar-refractivity contribution in [1.29, 1.82) is 0 Å². The Kier molecular flexibility index (Phi) is 5.60. The lowest BCUT2D eigenvalue weighted by atomic mass is 10.2. The van der Waals surface area contributed by atoms with Gasteiger partial charge in [-0.1, -0.05) is 59.9 Å². The molecule has 0 aliphatic heterocycles. The van der Waals surface area contributed by atoms with Crippen LogP contribution in [0.5, 0.6) is 5.75 Å². The molecule has 1 N–H and O–H groups in total. The fourth-order valence-electron chi connectivity index (χ4n) is 2.16. The predicted molar refractivity (Wildman–Crippen MR) is 99.6 cm³/mol. The van der Waals surface area contributed by atoms with Crippen LogP contribution in [-0.4, -0.2) is 23.7 Å². The molecule has 6 nitrogen and oxygen atoms in total. The molecule has 0 saturated carbocycles. The molecule has 0 unspecified atom stereocenters. The molecule has 1 amide bonds. The number of hydrogen-bond acceptors (Lipinski definition) is 6. The summed E-state index contributed by atoms with van der Waals surface area (Å²) in [6.45, 7) is 1.92. The number of nitrogens with zero attached hydrogens (tertiary/aromatic N) is 1. The average Bonchev–Trinajstić information content (AvgIpc) is 3.07. The zero-order valence-corrected chi connectivity index (χ0v) is 14.8. The number of esters is 1. The van der Waals surface area contributed by atoms with Crippen LogP contribution in [0.2, 0.25) is 0 Å². The van der Waals surface area contributed by atoms with Gasteiger partial charge in [0.15, 0.2) is 5.69 Å². The molecule has 26 heavy (non-hydrogen) atoms. The van der Waals surface area contributed by atoms with E-state index in [1.807, 2.05) is 36.4 Å². The summed E-state index contributed by atoms with van der Waals surface area (Å²) in [4.78, 5) is 28.7. The number of nitrogens with one attached hydrogen (secondary N) is 1. The third kappa shape index (κ3) is 4.25. The summed E-state index contributed by atoms with van der Waals surface area (Å²) < 4.78 is 10.2. The smallest absolute Gasteiger partial charge is 0.417 e. The quantitative estimate of drug-likeness (QED) is 0.666. The van der Waals surface area contributed by atoms with Crippen LogP contribution in [0.25, 0.3) is 10.6 Å². The largest absolute Gasteiger partial charge is 0.461 e. The highest BCUT2D eigenvalue weighted by molar-refractivity contribution is 7.19. The lowest BCUT2D eigenvalue weighted by molar-refractivity contribution is 0.0521. The molecule has 1 heterocycles. The van der Waals surface area contributed by atoms with E-state index in [2.05, 4.69) is 10.3 Å². The topological polar surface area (TPSA) is 77.5 Å². The van der Waals surface area contributed by atoms with Crippen LogP contribution in [0.3, 0.4) is 0 Å². The number of carbonyl (C=O) groups excluding carboxylic acids is 2. The van der Waals surface area contributed by atoms with Crippen molar-refractivity contribution in [2.75, 3.05) is 11.9 Å². The van der Waals surface area contributed by atoms with Gasteiger partial charge in [-0.2, -0.15) is 0 Å².